The number of carbonyl (C=O) groups is 3. The first-order chi connectivity index (χ1) is 10.5. The number of anilines is 1. The summed E-state index contributed by atoms with van der Waals surface area (Å²) in [6.07, 6.45) is 3.28. The van der Waals surface area contributed by atoms with Gasteiger partial charge in [-0.1, -0.05) is 17.7 Å². The fourth-order valence-electron chi connectivity index (χ4n) is 3.14. The van der Waals surface area contributed by atoms with Crippen LogP contribution in [0.5, 0.6) is 5.75 Å². The zero-order chi connectivity index (χ0) is 15.9. The van der Waals surface area contributed by atoms with Crippen molar-refractivity contribution in [2.75, 3.05) is 4.90 Å². The fourth-order valence-corrected chi connectivity index (χ4v) is 3.14. The number of fused-ring (bicyclic) bond motifs is 1. The van der Waals surface area contributed by atoms with Crippen LogP contribution in [0.2, 0.25) is 0 Å². The molecule has 114 valence electrons. The molecule has 1 fully saturated rings. The summed E-state index contributed by atoms with van der Waals surface area (Å²) in [5.41, 5.74) is 1.61. The van der Waals surface area contributed by atoms with Gasteiger partial charge in [0.1, 0.15) is 5.75 Å². The summed E-state index contributed by atoms with van der Waals surface area (Å²) < 4.78 is 5.02. The lowest BCUT2D eigenvalue weighted by molar-refractivity contribution is -0.132. The van der Waals surface area contributed by atoms with E-state index in [0.29, 0.717) is 24.3 Å². The average molecular weight is 299 g/mol. The predicted molar refractivity (Wildman–Crippen MR) is 80.2 cm³/mol. The van der Waals surface area contributed by atoms with Gasteiger partial charge in [0.25, 0.3) is 0 Å². The summed E-state index contributed by atoms with van der Waals surface area (Å²) in [6.45, 7) is 3.29. The van der Waals surface area contributed by atoms with Crippen molar-refractivity contribution in [2.45, 2.75) is 26.7 Å². The number of nitrogens with zero attached hydrogens (tertiary/aromatic N) is 1. The van der Waals surface area contributed by atoms with Gasteiger partial charge in [0, 0.05) is 13.0 Å². The monoisotopic (exact) mass is 299 g/mol. The molecule has 1 aromatic rings. The molecule has 0 unspecified atom stereocenters. The molecule has 22 heavy (non-hydrogen) atoms. The minimum absolute atomic E-state index is 0.164. The number of rotatable bonds is 2. The highest BCUT2D eigenvalue weighted by atomic mass is 16.5. The Morgan fingerprint density at radius 1 is 1.23 bits per heavy atom. The zero-order valence-electron chi connectivity index (χ0n) is 12.5. The first kappa shape index (κ1) is 14.5. The molecule has 5 nitrogen and oxygen atoms in total. The predicted octanol–water partition coefficient (Wildman–Crippen LogP) is 2.46. The molecule has 1 heterocycles. The molecule has 0 N–H and O–H groups in total. The Bertz CT molecular complexity index is 692. The van der Waals surface area contributed by atoms with Crippen LogP contribution in [0.1, 0.15) is 26.7 Å². The number of benzene rings is 1. The van der Waals surface area contributed by atoms with Gasteiger partial charge in [0.2, 0.25) is 11.8 Å². The second-order valence-corrected chi connectivity index (χ2v) is 5.81. The molecule has 0 bridgehead atoms. The Kier molecular flexibility index (Phi) is 3.56. The Balaban J connectivity index is 1.91. The maximum Gasteiger partial charge on any atom is 0.308 e. The average Bonchev–Trinajstić information content (AvgIpc) is 2.70. The first-order valence-electron chi connectivity index (χ1n) is 7.29. The zero-order valence-corrected chi connectivity index (χ0v) is 12.5. The second-order valence-electron chi connectivity index (χ2n) is 5.81. The smallest absolute Gasteiger partial charge is 0.308 e. The van der Waals surface area contributed by atoms with Gasteiger partial charge >= 0.3 is 5.97 Å². The van der Waals surface area contributed by atoms with Crippen molar-refractivity contribution in [3.63, 3.8) is 0 Å². The topological polar surface area (TPSA) is 63.7 Å². The molecule has 1 aliphatic heterocycles. The molecule has 2 atom stereocenters. The van der Waals surface area contributed by atoms with Crippen LogP contribution in [0, 0.1) is 11.8 Å². The van der Waals surface area contributed by atoms with Crippen molar-refractivity contribution in [1.29, 1.82) is 0 Å². The van der Waals surface area contributed by atoms with Crippen molar-refractivity contribution in [2.24, 2.45) is 11.8 Å². The van der Waals surface area contributed by atoms with Crippen LogP contribution in [0.4, 0.5) is 5.69 Å². The summed E-state index contributed by atoms with van der Waals surface area (Å²) in [7, 11) is 0. The van der Waals surface area contributed by atoms with E-state index in [1.165, 1.54) is 11.8 Å². The Morgan fingerprint density at radius 2 is 1.95 bits per heavy atom. The lowest BCUT2D eigenvalue weighted by Crippen LogP contribution is -2.30. The summed E-state index contributed by atoms with van der Waals surface area (Å²) in [5, 5.41) is 0. The van der Waals surface area contributed by atoms with E-state index < -0.39 is 5.97 Å². The molecular weight excluding hydrogens is 282 g/mol. The molecule has 3 rings (SSSR count). The number of esters is 1. The Morgan fingerprint density at radius 3 is 2.68 bits per heavy atom. The van der Waals surface area contributed by atoms with Crippen LogP contribution in [0.15, 0.2) is 35.9 Å². The van der Waals surface area contributed by atoms with E-state index in [9.17, 15) is 14.4 Å². The quantitative estimate of drug-likeness (QED) is 0.364. The highest BCUT2D eigenvalue weighted by Crippen LogP contribution is 2.40. The van der Waals surface area contributed by atoms with Crippen LogP contribution in [0.3, 0.4) is 0 Å². The van der Waals surface area contributed by atoms with Crippen LogP contribution in [0.25, 0.3) is 0 Å². The molecule has 0 saturated carbocycles. The van der Waals surface area contributed by atoms with E-state index in [1.807, 2.05) is 13.0 Å². The number of hydrogen-bond donors (Lipinski definition) is 0. The van der Waals surface area contributed by atoms with Crippen molar-refractivity contribution >= 4 is 23.5 Å². The lowest BCUT2D eigenvalue weighted by atomic mass is 9.82. The van der Waals surface area contributed by atoms with Gasteiger partial charge in [-0.25, -0.2) is 4.90 Å². The Labute approximate surface area is 128 Å². The van der Waals surface area contributed by atoms with Crippen LogP contribution < -0.4 is 9.64 Å². The van der Waals surface area contributed by atoms with Gasteiger partial charge in [-0.05, 0) is 31.9 Å². The molecule has 0 radical (unpaired) electrons. The van der Waals surface area contributed by atoms with E-state index >= 15 is 0 Å². The van der Waals surface area contributed by atoms with Gasteiger partial charge in [-0.2, -0.15) is 0 Å². The van der Waals surface area contributed by atoms with Gasteiger partial charge in [-0.3, -0.25) is 14.4 Å². The highest BCUT2D eigenvalue weighted by Gasteiger charge is 2.48. The standard InChI is InChI=1S/C17H17NO4/c1-10-6-7-14-15(8-10)17(21)18(16(14)20)12-4-3-5-13(9-12)22-11(2)19/h3-6,9,14-15H,7-8H2,1-2H3/t14-,15-/m1/s1. The van der Waals surface area contributed by atoms with Crippen LogP contribution >= 0.6 is 0 Å². The third-order valence-electron chi connectivity index (χ3n) is 4.16. The molecular formula is C17H17NO4. The van der Waals surface area contributed by atoms with E-state index in [-0.39, 0.29) is 23.7 Å². The summed E-state index contributed by atoms with van der Waals surface area (Å²) in [5.74, 6) is -0.982. The first-order valence-corrected chi connectivity index (χ1v) is 7.29. The molecule has 0 aromatic heterocycles. The maximum atomic E-state index is 12.6. The number of amides is 2. The molecule has 2 aliphatic rings. The summed E-state index contributed by atoms with van der Waals surface area (Å²) in [4.78, 5) is 37.4. The van der Waals surface area contributed by atoms with Gasteiger partial charge < -0.3 is 4.74 Å². The fraction of sp³-hybridized carbons (Fsp3) is 0.353. The molecule has 1 aromatic carbocycles. The van der Waals surface area contributed by atoms with Crippen molar-refractivity contribution in [3.05, 3.63) is 35.9 Å². The molecule has 1 saturated heterocycles. The van der Waals surface area contributed by atoms with Crippen LogP contribution in [-0.2, 0) is 14.4 Å². The maximum absolute atomic E-state index is 12.6. The SMILES string of the molecule is CC(=O)Oc1cccc(N2C(=O)[C@@H]3CC=C(C)C[C@H]3C2=O)c1. The van der Waals surface area contributed by atoms with E-state index in [2.05, 4.69) is 0 Å². The molecule has 1 aliphatic carbocycles. The Hall–Kier alpha value is -2.43. The van der Waals surface area contributed by atoms with Gasteiger partial charge in [0.05, 0.1) is 17.5 Å². The summed E-state index contributed by atoms with van der Waals surface area (Å²) >= 11 is 0. The van der Waals surface area contributed by atoms with Gasteiger partial charge in [-0.15, -0.1) is 0 Å². The highest BCUT2D eigenvalue weighted by molar-refractivity contribution is 6.22. The summed E-state index contributed by atoms with van der Waals surface area (Å²) in [6, 6.07) is 6.52. The molecule has 5 heteroatoms. The largest absolute Gasteiger partial charge is 0.427 e. The minimum atomic E-state index is -0.440. The third-order valence-corrected chi connectivity index (χ3v) is 4.16. The van der Waals surface area contributed by atoms with E-state index in [4.69, 9.17) is 4.74 Å². The lowest BCUT2D eigenvalue weighted by Gasteiger charge is -2.18. The van der Waals surface area contributed by atoms with E-state index in [0.717, 1.165) is 5.57 Å². The van der Waals surface area contributed by atoms with Crippen molar-refractivity contribution in [1.82, 2.24) is 0 Å². The van der Waals surface area contributed by atoms with Crippen LogP contribution in [-0.4, -0.2) is 17.8 Å². The number of hydrogen-bond acceptors (Lipinski definition) is 4. The third kappa shape index (κ3) is 2.43. The normalized spacial score (nSPS) is 24.1. The second kappa shape index (κ2) is 5.40. The minimum Gasteiger partial charge on any atom is -0.427 e. The molecule has 2 amide bonds. The van der Waals surface area contributed by atoms with Crippen molar-refractivity contribution < 1.29 is 19.1 Å². The number of ether oxygens (including phenoxy) is 1. The molecule has 0 spiro atoms. The van der Waals surface area contributed by atoms with Gasteiger partial charge in [0.15, 0.2) is 0 Å². The van der Waals surface area contributed by atoms with E-state index in [1.54, 1.807) is 24.3 Å². The van der Waals surface area contributed by atoms with Crippen molar-refractivity contribution in [3.8, 4) is 5.75 Å². The number of allylic oxidation sites excluding steroid dienone is 2. The number of imide groups is 1. The number of carbonyl (C=O) groups excluding carboxylic acids is 3.